The Morgan fingerprint density at radius 2 is 1.82 bits per heavy atom. The van der Waals surface area contributed by atoms with Gasteiger partial charge in [0.1, 0.15) is 6.26 Å². The summed E-state index contributed by atoms with van der Waals surface area (Å²) in [7, 11) is 0. The second kappa shape index (κ2) is 3.58. The van der Waals surface area contributed by atoms with E-state index in [0.717, 1.165) is 24.3 Å². The van der Waals surface area contributed by atoms with Gasteiger partial charge >= 0.3 is 0 Å². The summed E-state index contributed by atoms with van der Waals surface area (Å²) in [5.74, 6) is 3.03. The normalized spacial score (nSPS) is 43.2. The van der Waals surface area contributed by atoms with Gasteiger partial charge in [0.15, 0.2) is 0 Å². The third-order valence-electron chi connectivity index (χ3n) is 5.19. The molecule has 0 aromatic carbocycles. The molecule has 0 spiro atoms. The third-order valence-corrected chi connectivity index (χ3v) is 5.19. The van der Waals surface area contributed by atoms with Crippen LogP contribution < -0.4 is 5.32 Å². The molecule has 0 unspecified atom stereocenters. The van der Waals surface area contributed by atoms with Gasteiger partial charge in [-0.1, -0.05) is 5.16 Å². The van der Waals surface area contributed by atoms with Gasteiger partial charge in [-0.15, -0.1) is 0 Å². The Balaban J connectivity index is 1.49. The van der Waals surface area contributed by atoms with Crippen LogP contribution in [-0.4, -0.2) is 10.7 Å². The molecular formula is C14H20N2O. The maximum Gasteiger partial charge on any atom is 0.128 e. The number of rotatable bonds is 3. The van der Waals surface area contributed by atoms with Crippen molar-refractivity contribution in [2.24, 2.45) is 17.8 Å². The van der Waals surface area contributed by atoms with Crippen LogP contribution in [0.25, 0.3) is 0 Å². The molecule has 1 N–H and O–H groups in total. The van der Waals surface area contributed by atoms with Crippen LogP contribution in [-0.2, 0) is 6.54 Å². The maximum atomic E-state index is 4.90. The van der Waals surface area contributed by atoms with Gasteiger partial charge in [0.25, 0.3) is 0 Å². The molecule has 0 saturated heterocycles. The summed E-state index contributed by atoms with van der Waals surface area (Å²) in [6.07, 6.45) is 12.3. The average Bonchev–Trinajstić information content (AvgIpc) is 2.77. The molecule has 0 atom stereocenters. The highest BCUT2D eigenvalue weighted by Gasteiger charge is 2.50. The van der Waals surface area contributed by atoms with Crippen LogP contribution in [0, 0.1) is 17.8 Å². The molecule has 1 heterocycles. The van der Waals surface area contributed by atoms with E-state index >= 15 is 0 Å². The third kappa shape index (κ3) is 1.71. The zero-order chi connectivity index (χ0) is 11.3. The van der Waals surface area contributed by atoms with Crippen LogP contribution in [0.3, 0.4) is 0 Å². The molecule has 4 aliphatic carbocycles. The number of nitrogens with one attached hydrogen (secondary N) is 1. The number of hydrogen-bond donors (Lipinski definition) is 1. The van der Waals surface area contributed by atoms with Crippen LogP contribution in [0.2, 0.25) is 0 Å². The Kier molecular flexibility index (Phi) is 2.13. The first-order valence-electron chi connectivity index (χ1n) is 6.95. The van der Waals surface area contributed by atoms with Crippen LogP contribution in [0.4, 0.5) is 0 Å². The van der Waals surface area contributed by atoms with Gasteiger partial charge < -0.3 is 9.84 Å². The minimum atomic E-state index is 0.450. The van der Waals surface area contributed by atoms with E-state index in [0.29, 0.717) is 5.54 Å². The zero-order valence-electron chi connectivity index (χ0n) is 10.2. The maximum absolute atomic E-state index is 4.90. The van der Waals surface area contributed by atoms with E-state index in [9.17, 15) is 0 Å². The molecule has 4 saturated carbocycles. The smallest absolute Gasteiger partial charge is 0.128 e. The molecule has 17 heavy (non-hydrogen) atoms. The van der Waals surface area contributed by atoms with E-state index in [1.165, 1.54) is 44.1 Å². The van der Waals surface area contributed by atoms with Crippen LogP contribution >= 0.6 is 0 Å². The molecule has 5 rings (SSSR count). The van der Waals surface area contributed by atoms with Gasteiger partial charge in [-0.3, -0.25) is 0 Å². The van der Waals surface area contributed by atoms with Gasteiger partial charge in [0, 0.05) is 17.6 Å². The molecule has 0 aliphatic heterocycles. The molecule has 3 heteroatoms. The van der Waals surface area contributed by atoms with Crippen LogP contribution in [0.5, 0.6) is 0 Å². The topological polar surface area (TPSA) is 38.1 Å². The van der Waals surface area contributed by atoms with E-state index in [4.69, 9.17) is 4.52 Å². The van der Waals surface area contributed by atoms with Gasteiger partial charge in [0.05, 0.1) is 6.20 Å². The van der Waals surface area contributed by atoms with Gasteiger partial charge in [-0.05, 0) is 56.3 Å². The average molecular weight is 232 g/mol. The second-order valence-electron chi connectivity index (χ2n) is 6.58. The lowest BCUT2D eigenvalue weighted by atomic mass is 9.53. The Morgan fingerprint density at radius 1 is 1.18 bits per heavy atom. The van der Waals surface area contributed by atoms with Crippen molar-refractivity contribution in [3.63, 3.8) is 0 Å². The molecule has 4 fully saturated rings. The number of hydrogen-bond acceptors (Lipinski definition) is 3. The molecule has 0 radical (unpaired) electrons. The summed E-state index contributed by atoms with van der Waals surface area (Å²) in [4.78, 5) is 0. The van der Waals surface area contributed by atoms with E-state index < -0.39 is 0 Å². The van der Waals surface area contributed by atoms with Crippen molar-refractivity contribution in [2.45, 2.75) is 50.6 Å². The van der Waals surface area contributed by atoms with E-state index in [2.05, 4.69) is 10.5 Å². The highest BCUT2D eigenvalue weighted by atomic mass is 16.5. The molecule has 0 amide bonds. The second-order valence-corrected chi connectivity index (χ2v) is 6.58. The van der Waals surface area contributed by atoms with Gasteiger partial charge in [0.2, 0.25) is 0 Å². The fraction of sp³-hybridized carbons (Fsp3) is 0.786. The largest absolute Gasteiger partial charge is 0.364 e. The first kappa shape index (κ1) is 10.1. The molecule has 1 aromatic rings. The minimum Gasteiger partial charge on any atom is -0.364 e. The first-order chi connectivity index (χ1) is 8.31. The zero-order valence-corrected chi connectivity index (χ0v) is 10.2. The quantitative estimate of drug-likeness (QED) is 0.870. The Bertz CT molecular complexity index is 363. The molecule has 1 aromatic heterocycles. The highest BCUT2D eigenvalue weighted by Crippen LogP contribution is 2.55. The highest BCUT2D eigenvalue weighted by molar-refractivity contribution is 5.08. The fourth-order valence-corrected chi connectivity index (χ4v) is 4.93. The SMILES string of the molecule is c1nocc1CNC12CC3CC(CC(C3)C1)C2. The van der Waals surface area contributed by atoms with Crippen molar-refractivity contribution in [1.29, 1.82) is 0 Å². The number of aromatic nitrogens is 1. The van der Waals surface area contributed by atoms with E-state index in [1.807, 2.05) is 6.20 Å². The fourth-order valence-electron chi connectivity index (χ4n) is 4.93. The lowest BCUT2D eigenvalue weighted by molar-refractivity contribution is -0.0206. The molecular weight excluding hydrogens is 212 g/mol. The molecule has 4 aliphatic rings. The summed E-state index contributed by atoms with van der Waals surface area (Å²) >= 11 is 0. The van der Waals surface area contributed by atoms with Crippen molar-refractivity contribution in [3.8, 4) is 0 Å². The standard InChI is InChI=1S/C14H20N2O/c1-10-2-12-3-11(1)5-14(4-10,6-12)15-7-13-8-16-17-9-13/h8-12,15H,1-7H2. The minimum absolute atomic E-state index is 0.450. The summed E-state index contributed by atoms with van der Waals surface area (Å²) in [6, 6.07) is 0. The molecule has 92 valence electrons. The van der Waals surface area contributed by atoms with Crippen molar-refractivity contribution in [1.82, 2.24) is 10.5 Å². The Hall–Kier alpha value is -0.830. The predicted molar refractivity (Wildman–Crippen MR) is 64.2 cm³/mol. The van der Waals surface area contributed by atoms with Gasteiger partial charge in [-0.2, -0.15) is 0 Å². The monoisotopic (exact) mass is 232 g/mol. The predicted octanol–water partition coefficient (Wildman–Crippen LogP) is 2.73. The van der Waals surface area contributed by atoms with Gasteiger partial charge in [-0.25, -0.2) is 0 Å². The summed E-state index contributed by atoms with van der Waals surface area (Å²) < 4.78 is 4.90. The van der Waals surface area contributed by atoms with Crippen molar-refractivity contribution in [2.75, 3.05) is 0 Å². The molecule has 3 nitrogen and oxygen atoms in total. The lowest BCUT2D eigenvalue weighted by Crippen LogP contribution is -2.58. The lowest BCUT2D eigenvalue weighted by Gasteiger charge is -2.57. The summed E-state index contributed by atoms with van der Waals surface area (Å²) in [5, 5.41) is 7.60. The van der Waals surface area contributed by atoms with E-state index in [-0.39, 0.29) is 0 Å². The van der Waals surface area contributed by atoms with Crippen molar-refractivity contribution >= 4 is 0 Å². The first-order valence-corrected chi connectivity index (χ1v) is 6.95. The Morgan fingerprint density at radius 3 is 2.35 bits per heavy atom. The van der Waals surface area contributed by atoms with Crippen molar-refractivity contribution in [3.05, 3.63) is 18.0 Å². The van der Waals surface area contributed by atoms with E-state index in [1.54, 1.807) is 6.26 Å². The molecule has 4 bridgehead atoms. The van der Waals surface area contributed by atoms with Crippen LogP contribution in [0.15, 0.2) is 17.0 Å². The van der Waals surface area contributed by atoms with Crippen LogP contribution in [0.1, 0.15) is 44.1 Å². The Labute approximate surface area is 102 Å². The summed E-state index contributed by atoms with van der Waals surface area (Å²) in [6.45, 7) is 0.926. The summed E-state index contributed by atoms with van der Waals surface area (Å²) in [5.41, 5.74) is 1.63. The van der Waals surface area contributed by atoms with Crippen molar-refractivity contribution < 1.29 is 4.52 Å². The number of nitrogens with zero attached hydrogens (tertiary/aromatic N) is 1.